The van der Waals surface area contributed by atoms with Crippen LogP contribution in [0, 0.1) is 17.2 Å². The van der Waals surface area contributed by atoms with Gasteiger partial charge < -0.3 is 10.6 Å². The minimum atomic E-state index is -0.884. The molecule has 1 aliphatic heterocycles. The maximum atomic E-state index is 13.6. The molecule has 0 atom stereocenters. The normalized spacial score (nSPS) is 25.1. The fourth-order valence-corrected chi connectivity index (χ4v) is 4.17. The summed E-state index contributed by atoms with van der Waals surface area (Å²) >= 11 is 0. The van der Waals surface area contributed by atoms with E-state index in [1.54, 1.807) is 18.2 Å². The first-order valence-electron chi connectivity index (χ1n) is 9.77. The average molecular weight is 389 g/mol. The highest BCUT2D eigenvalue weighted by Crippen LogP contribution is 2.43. The SMILES string of the molecule is CC(C)(C)C1CCC2(CC1)NC(=O)N(CC(=O)NCc1ccccc1F)C2=O. The van der Waals surface area contributed by atoms with Gasteiger partial charge in [-0.3, -0.25) is 14.5 Å². The first-order chi connectivity index (χ1) is 13.1. The van der Waals surface area contributed by atoms with Crippen molar-refractivity contribution in [2.75, 3.05) is 6.54 Å². The Hall–Kier alpha value is -2.44. The first-order valence-corrected chi connectivity index (χ1v) is 9.77. The van der Waals surface area contributed by atoms with E-state index in [2.05, 4.69) is 31.4 Å². The first kappa shape index (κ1) is 20.3. The number of nitrogens with one attached hydrogen (secondary N) is 2. The third-order valence-electron chi connectivity index (χ3n) is 6.05. The van der Waals surface area contributed by atoms with Crippen molar-refractivity contribution in [1.29, 1.82) is 0 Å². The van der Waals surface area contributed by atoms with Gasteiger partial charge >= 0.3 is 6.03 Å². The number of urea groups is 1. The number of carbonyl (C=O) groups excluding carboxylic acids is 3. The van der Waals surface area contributed by atoms with E-state index in [4.69, 9.17) is 0 Å². The lowest BCUT2D eigenvalue weighted by atomic mass is 9.67. The highest BCUT2D eigenvalue weighted by molar-refractivity contribution is 6.09. The van der Waals surface area contributed by atoms with Crippen LogP contribution >= 0.6 is 0 Å². The van der Waals surface area contributed by atoms with Crippen LogP contribution in [-0.2, 0) is 16.1 Å². The Labute approximate surface area is 164 Å². The molecule has 1 saturated heterocycles. The molecule has 2 fully saturated rings. The fourth-order valence-electron chi connectivity index (χ4n) is 4.17. The Morgan fingerprint density at radius 1 is 1.25 bits per heavy atom. The van der Waals surface area contributed by atoms with Gasteiger partial charge in [0, 0.05) is 12.1 Å². The van der Waals surface area contributed by atoms with Gasteiger partial charge in [0.15, 0.2) is 0 Å². The van der Waals surface area contributed by atoms with E-state index < -0.39 is 23.3 Å². The van der Waals surface area contributed by atoms with Crippen LogP contribution in [0.5, 0.6) is 0 Å². The van der Waals surface area contributed by atoms with Crippen LogP contribution in [0.25, 0.3) is 0 Å². The van der Waals surface area contributed by atoms with Gasteiger partial charge in [0.05, 0.1) is 0 Å². The lowest BCUT2D eigenvalue weighted by Gasteiger charge is -2.40. The summed E-state index contributed by atoms with van der Waals surface area (Å²) in [7, 11) is 0. The molecule has 1 spiro atoms. The van der Waals surface area contributed by atoms with Gasteiger partial charge in [-0.25, -0.2) is 9.18 Å². The van der Waals surface area contributed by atoms with Gasteiger partial charge in [0.25, 0.3) is 5.91 Å². The lowest BCUT2D eigenvalue weighted by molar-refractivity contribution is -0.136. The Kier molecular flexibility index (Phi) is 5.46. The second-order valence-electron chi connectivity index (χ2n) is 8.91. The molecule has 2 N–H and O–H groups in total. The maximum Gasteiger partial charge on any atom is 0.325 e. The molecule has 1 aromatic carbocycles. The van der Waals surface area contributed by atoms with E-state index in [1.165, 1.54) is 6.07 Å². The fraction of sp³-hybridized carbons (Fsp3) is 0.571. The number of imide groups is 1. The summed E-state index contributed by atoms with van der Waals surface area (Å²) in [6.07, 6.45) is 2.91. The van der Waals surface area contributed by atoms with Gasteiger partial charge in [0.2, 0.25) is 5.91 Å². The molecule has 1 aliphatic carbocycles. The number of rotatable bonds is 4. The van der Waals surface area contributed by atoms with E-state index >= 15 is 0 Å². The third-order valence-corrected chi connectivity index (χ3v) is 6.05. The highest BCUT2D eigenvalue weighted by Gasteiger charge is 2.53. The van der Waals surface area contributed by atoms with Crippen molar-refractivity contribution in [2.24, 2.45) is 11.3 Å². The molecule has 3 rings (SSSR count). The molecule has 1 heterocycles. The van der Waals surface area contributed by atoms with E-state index in [0.717, 1.165) is 17.7 Å². The molecule has 6 nitrogen and oxygen atoms in total. The minimum Gasteiger partial charge on any atom is -0.350 e. The van der Waals surface area contributed by atoms with E-state index in [0.29, 0.717) is 24.3 Å². The monoisotopic (exact) mass is 389 g/mol. The number of hydrogen-bond donors (Lipinski definition) is 2. The third kappa shape index (κ3) is 4.03. The van der Waals surface area contributed by atoms with Crippen molar-refractivity contribution in [3.63, 3.8) is 0 Å². The molecule has 0 unspecified atom stereocenters. The molecular weight excluding hydrogens is 361 g/mol. The number of hydrogen-bond acceptors (Lipinski definition) is 3. The molecule has 7 heteroatoms. The average Bonchev–Trinajstić information content (AvgIpc) is 2.85. The Balaban J connectivity index is 1.58. The molecule has 28 heavy (non-hydrogen) atoms. The summed E-state index contributed by atoms with van der Waals surface area (Å²) in [4.78, 5) is 38.5. The molecule has 0 aromatic heterocycles. The second-order valence-corrected chi connectivity index (χ2v) is 8.91. The lowest BCUT2D eigenvalue weighted by Crippen LogP contribution is -2.51. The number of benzene rings is 1. The topological polar surface area (TPSA) is 78.5 Å². The number of nitrogens with zero attached hydrogens (tertiary/aromatic N) is 1. The summed E-state index contributed by atoms with van der Waals surface area (Å²) in [5, 5.41) is 5.40. The quantitative estimate of drug-likeness (QED) is 0.777. The summed E-state index contributed by atoms with van der Waals surface area (Å²) in [5.74, 6) is -0.730. The van der Waals surface area contributed by atoms with Crippen molar-refractivity contribution in [3.8, 4) is 0 Å². The number of carbonyl (C=O) groups is 3. The van der Waals surface area contributed by atoms with Crippen molar-refractivity contribution in [2.45, 2.75) is 58.5 Å². The molecule has 0 radical (unpaired) electrons. The van der Waals surface area contributed by atoms with Gasteiger partial charge in [-0.2, -0.15) is 0 Å². The van der Waals surface area contributed by atoms with Gasteiger partial charge in [0.1, 0.15) is 17.9 Å². The number of halogens is 1. The van der Waals surface area contributed by atoms with Crippen LogP contribution in [0.2, 0.25) is 0 Å². The zero-order valence-corrected chi connectivity index (χ0v) is 16.7. The zero-order chi connectivity index (χ0) is 20.5. The standard InChI is InChI=1S/C21H28FN3O3/c1-20(2,3)15-8-10-21(11-9-15)18(27)25(19(28)24-21)13-17(26)23-12-14-6-4-5-7-16(14)22/h4-7,15H,8-13H2,1-3H3,(H,23,26)(H,24,28). The largest absolute Gasteiger partial charge is 0.350 e. The van der Waals surface area contributed by atoms with Crippen molar-refractivity contribution in [1.82, 2.24) is 15.5 Å². The van der Waals surface area contributed by atoms with Crippen LogP contribution in [0.1, 0.15) is 52.0 Å². The van der Waals surface area contributed by atoms with Crippen LogP contribution in [0.3, 0.4) is 0 Å². The Bertz CT molecular complexity index is 779. The van der Waals surface area contributed by atoms with E-state index in [-0.39, 0.29) is 24.4 Å². The maximum absolute atomic E-state index is 13.6. The summed E-state index contributed by atoms with van der Waals surface area (Å²) < 4.78 is 13.6. The smallest absolute Gasteiger partial charge is 0.325 e. The second kappa shape index (κ2) is 7.53. The van der Waals surface area contributed by atoms with E-state index in [9.17, 15) is 18.8 Å². The molecule has 1 aromatic rings. The molecule has 0 bridgehead atoms. The zero-order valence-electron chi connectivity index (χ0n) is 16.7. The Morgan fingerprint density at radius 2 is 1.89 bits per heavy atom. The van der Waals surface area contributed by atoms with Gasteiger partial charge in [-0.15, -0.1) is 0 Å². The van der Waals surface area contributed by atoms with Crippen molar-refractivity contribution in [3.05, 3.63) is 35.6 Å². The van der Waals surface area contributed by atoms with Gasteiger partial charge in [-0.1, -0.05) is 39.0 Å². The van der Waals surface area contributed by atoms with Crippen LogP contribution in [0.15, 0.2) is 24.3 Å². The highest BCUT2D eigenvalue weighted by atomic mass is 19.1. The molecule has 152 valence electrons. The van der Waals surface area contributed by atoms with Crippen molar-refractivity contribution >= 4 is 17.8 Å². The summed E-state index contributed by atoms with van der Waals surface area (Å²) in [6, 6.07) is 5.62. The molecule has 4 amide bonds. The Morgan fingerprint density at radius 3 is 2.50 bits per heavy atom. The summed E-state index contributed by atoms with van der Waals surface area (Å²) in [6.45, 7) is 6.22. The van der Waals surface area contributed by atoms with Crippen LogP contribution in [-0.4, -0.2) is 34.8 Å². The predicted molar refractivity (Wildman–Crippen MR) is 103 cm³/mol. The predicted octanol–water partition coefficient (Wildman–Crippen LogP) is 2.97. The molecular formula is C21H28FN3O3. The minimum absolute atomic E-state index is 0.00750. The van der Waals surface area contributed by atoms with Gasteiger partial charge in [-0.05, 0) is 43.1 Å². The van der Waals surface area contributed by atoms with Crippen molar-refractivity contribution < 1.29 is 18.8 Å². The van der Waals surface area contributed by atoms with E-state index in [1.807, 2.05) is 0 Å². The summed E-state index contributed by atoms with van der Waals surface area (Å²) in [5.41, 5.74) is -0.366. The molecule has 2 aliphatic rings. The number of amides is 4. The molecule has 1 saturated carbocycles. The van der Waals surface area contributed by atoms with Crippen LogP contribution < -0.4 is 10.6 Å². The van der Waals surface area contributed by atoms with Crippen LogP contribution in [0.4, 0.5) is 9.18 Å².